The van der Waals surface area contributed by atoms with Crippen molar-refractivity contribution in [2.24, 2.45) is 0 Å². The molecule has 0 bridgehead atoms. The third-order valence-electron chi connectivity index (χ3n) is 3.20. The maximum atomic E-state index is 5.89. The van der Waals surface area contributed by atoms with Crippen LogP contribution in [0.25, 0.3) is 0 Å². The van der Waals surface area contributed by atoms with Crippen LogP contribution in [0.5, 0.6) is 5.75 Å². The van der Waals surface area contributed by atoms with Crippen molar-refractivity contribution in [1.29, 1.82) is 0 Å². The van der Waals surface area contributed by atoms with Crippen molar-refractivity contribution in [3.8, 4) is 5.75 Å². The van der Waals surface area contributed by atoms with Gasteiger partial charge in [-0.2, -0.15) is 0 Å². The Hall–Kier alpha value is -1.03. The van der Waals surface area contributed by atoms with Crippen LogP contribution < -0.4 is 10.1 Å². The minimum atomic E-state index is 0.175. The van der Waals surface area contributed by atoms with Gasteiger partial charge in [0.05, 0.1) is 6.10 Å². The Bertz CT molecular complexity index is 599. The Kier molecular flexibility index (Phi) is 6.74. The van der Waals surface area contributed by atoms with Crippen LogP contribution in [0.3, 0.4) is 0 Å². The van der Waals surface area contributed by atoms with E-state index in [-0.39, 0.29) is 6.10 Å². The van der Waals surface area contributed by atoms with Gasteiger partial charge < -0.3 is 10.1 Å². The Morgan fingerprint density at radius 2 is 1.86 bits per heavy atom. The van der Waals surface area contributed by atoms with E-state index in [4.69, 9.17) is 16.3 Å². The van der Waals surface area contributed by atoms with Crippen LogP contribution >= 0.6 is 27.5 Å². The quantitative estimate of drug-likeness (QED) is 0.663. The molecular formula is C18H21BrClNO. The van der Waals surface area contributed by atoms with E-state index in [2.05, 4.69) is 39.4 Å². The van der Waals surface area contributed by atoms with Crippen molar-refractivity contribution >= 4 is 27.5 Å². The number of halogens is 2. The number of hydrogen-bond acceptors (Lipinski definition) is 2. The highest BCUT2D eigenvalue weighted by Gasteiger charge is 2.06. The first-order valence-electron chi connectivity index (χ1n) is 7.45. The largest absolute Gasteiger partial charge is 0.491 e. The van der Waals surface area contributed by atoms with Gasteiger partial charge in [-0.3, -0.25) is 0 Å². The molecule has 118 valence electrons. The van der Waals surface area contributed by atoms with E-state index in [0.29, 0.717) is 0 Å². The fraction of sp³-hybridized carbons (Fsp3) is 0.333. The highest BCUT2D eigenvalue weighted by molar-refractivity contribution is 9.10. The predicted octanol–water partition coefficient (Wildman–Crippen LogP) is 5.22. The molecule has 0 atom stereocenters. The van der Waals surface area contributed by atoms with Gasteiger partial charge in [0, 0.05) is 21.6 Å². The summed E-state index contributed by atoms with van der Waals surface area (Å²) in [6.45, 7) is 5.78. The van der Waals surface area contributed by atoms with Crippen molar-refractivity contribution in [2.75, 3.05) is 6.54 Å². The zero-order valence-corrected chi connectivity index (χ0v) is 15.2. The van der Waals surface area contributed by atoms with Crippen molar-refractivity contribution < 1.29 is 4.74 Å². The van der Waals surface area contributed by atoms with Gasteiger partial charge in [-0.1, -0.05) is 39.7 Å². The maximum Gasteiger partial charge on any atom is 0.124 e. The van der Waals surface area contributed by atoms with E-state index in [1.54, 1.807) is 0 Å². The monoisotopic (exact) mass is 381 g/mol. The van der Waals surface area contributed by atoms with Gasteiger partial charge in [-0.05, 0) is 62.7 Å². The lowest BCUT2D eigenvalue weighted by molar-refractivity contribution is 0.239. The summed E-state index contributed by atoms with van der Waals surface area (Å²) in [4.78, 5) is 0. The summed E-state index contributed by atoms with van der Waals surface area (Å²) in [5, 5.41) is 4.25. The van der Waals surface area contributed by atoms with Crippen molar-refractivity contribution in [3.05, 3.63) is 63.1 Å². The van der Waals surface area contributed by atoms with Gasteiger partial charge in [-0.25, -0.2) is 0 Å². The fourth-order valence-corrected chi connectivity index (χ4v) is 2.70. The van der Waals surface area contributed by atoms with Gasteiger partial charge in [0.1, 0.15) is 5.75 Å². The van der Waals surface area contributed by atoms with Crippen LogP contribution in [0.4, 0.5) is 0 Å². The minimum absolute atomic E-state index is 0.175. The molecule has 2 nitrogen and oxygen atoms in total. The number of benzene rings is 2. The summed E-state index contributed by atoms with van der Waals surface area (Å²) in [7, 11) is 0. The summed E-state index contributed by atoms with van der Waals surface area (Å²) in [5.41, 5.74) is 2.45. The molecule has 0 aliphatic carbocycles. The predicted molar refractivity (Wildman–Crippen MR) is 96.8 cm³/mol. The smallest absolute Gasteiger partial charge is 0.124 e. The molecule has 2 aromatic rings. The topological polar surface area (TPSA) is 21.3 Å². The lowest BCUT2D eigenvalue weighted by Gasteiger charge is -2.15. The highest BCUT2D eigenvalue weighted by Crippen LogP contribution is 2.24. The van der Waals surface area contributed by atoms with Crippen LogP contribution in [-0.4, -0.2) is 12.6 Å². The fourth-order valence-electron chi connectivity index (χ4n) is 2.16. The average molecular weight is 383 g/mol. The molecule has 0 heterocycles. The van der Waals surface area contributed by atoms with Crippen LogP contribution in [0, 0.1) is 0 Å². The van der Waals surface area contributed by atoms with Crippen molar-refractivity contribution in [2.45, 2.75) is 32.9 Å². The molecule has 4 heteroatoms. The Labute approximate surface area is 146 Å². The van der Waals surface area contributed by atoms with E-state index in [9.17, 15) is 0 Å². The Morgan fingerprint density at radius 1 is 1.14 bits per heavy atom. The van der Waals surface area contributed by atoms with Crippen LogP contribution in [0.1, 0.15) is 25.0 Å². The Morgan fingerprint density at radius 3 is 2.55 bits per heavy atom. The maximum absolute atomic E-state index is 5.89. The molecule has 1 N–H and O–H groups in total. The molecule has 0 amide bonds. The molecule has 0 fully saturated rings. The first kappa shape index (κ1) is 17.3. The molecule has 2 aromatic carbocycles. The third kappa shape index (κ3) is 5.64. The summed E-state index contributed by atoms with van der Waals surface area (Å²) in [6.07, 6.45) is 1.15. The molecule has 22 heavy (non-hydrogen) atoms. The molecule has 0 saturated carbocycles. The van der Waals surface area contributed by atoms with Crippen LogP contribution in [0.15, 0.2) is 46.9 Å². The first-order chi connectivity index (χ1) is 10.5. The van der Waals surface area contributed by atoms with E-state index in [0.717, 1.165) is 34.8 Å². The second-order valence-electron chi connectivity index (χ2n) is 5.47. The van der Waals surface area contributed by atoms with E-state index in [1.807, 2.05) is 38.1 Å². The van der Waals surface area contributed by atoms with Gasteiger partial charge in [0.15, 0.2) is 0 Å². The molecule has 0 aliphatic rings. The minimum Gasteiger partial charge on any atom is -0.491 e. The van der Waals surface area contributed by atoms with Crippen molar-refractivity contribution in [3.63, 3.8) is 0 Å². The third-order valence-corrected chi connectivity index (χ3v) is 3.95. The first-order valence-corrected chi connectivity index (χ1v) is 8.62. The molecule has 0 saturated heterocycles. The molecule has 0 aromatic heterocycles. The normalized spacial score (nSPS) is 11.0. The summed E-state index contributed by atoms with van der Waals surface area (Å²) < 4.78 is 6.92. The van der Waals surface area contributed by atoms with Crippen LogP contribution in [0.2, 0.25) is 5.02 Å². The van der Waals surface area contributed by atoms with Gasteiger partial charge >= 0.3 is 0 Å². The molecule has 2 rings (SSSR count). The molecular weight excluding hydrogens is 362 g/mol. The van der Waals surface area contributed by atoms with Crippen LogP contribution in [-0.2, 0) is 13.0 Å². The molecule has 0 unspecified atom stereocenters. The molecule has 0 radical (unpaired) electrons. The average Bonchev–Trinajstić information content (AvgIpc) is 2.47. The molecule has 0 spiro atoms. The van der Waals surface area contributed by atoms with Gasteiger partial charge in [0.25, 0.3) is 0 Å². The van der Waals surface area contributed by atoms with Crippen molar-refractivity contribution in [1.82, 2.24) is 5.32 Å². The molecule has 0 aliphatic heterocycles. The summed E-state index contributed by atoms with van der Waals surface area (Å²) in [6, 6.07) is 14.1. The van der Waals surface area contributed by atoms with E-state index >= 15 is 0 Å². The second-order valence-corrected chi connectivity index (χ2v) is 6.82. The zero-order chi connectivity index (χ0) is 15.9. The number of rotatable bonds is 7. The highest BCUT2D eigenvalue weighted by atomic mass is 79.9. The lowest BCUT2D eigenvalue weighted by Crippen LogP contribution is -2.18. The number of hydrogen-bond donors (Lipinski definition) is 1. The lowest BCUT2D eigenvalue weighted by atomic mass is 10.1. The second kappa shape index (κ2) is 8.56. The summed E-state index contributed by atoms with van der Waals surface area (Å²) >= 11 is 9.41. The zero-order valence-electron chi connectivity index (χ0n) is 12.9. The summed E-state index contributed by atoms with van der Waals surface area (Å²) in [5.74, 6) is 0.942. The van der Waals surface area contributed by atoms with Gasteiger partial charge in [0.2, 0.25) is 0 Å². The van der Waals surface area contributed by atoms with E-state index in [1.165, 1.54) is 11.1 Å². The van der Waals surface area contributed by atoms with Gasteiger partial charge in [-0.15, -0.1) is 0 Å². The number of nitrogens with one attached hydrogen (secondary N) is 1. The van der Waals surface area contributed by atoms with E-state index < -0.39 is 0 Å². The standard InChI is InChI=1S/C18H21BrClNO/c1-13(2)22-18-8-5-16(19)11-15(18)12-21-10-9-14-3-6-17(20)7-4-14/h3-8,11,13,21H,9-10,12H2,1-2H3. The number of ether oxygens (including phenoxy) is 1. The SMILES string of the molecule is CC(C)Oc1ccc(Br)cc1CNCCc1ccc(Cl)cc1. The Balaban J connectivity index is 1.88.